The monoisotopic (exact) mass is 210 g/mol. The average molecular weight is 210 g/mol. The van der Waals surface area contributed by atoms with Crippen LogP contribution in [0.25, 0.3) is 0 Å². The maximum atomic E-state index is 11.1. The number of rotatable bonds is 0. The van der Waals surface area contributed by atoms with Gasteiger partial charge in [0, 0.05) is 25.9 Å². The number of hydrogen-bond acceptors (Lipinski definition) is 2. The first-order valence-corrected chi connectivity index (χ1v) is 5.45. The van der Waals surface area contributed by atoms with Crippen LogP contribution in [0.1, 0.15) is 32.1 Å². The van der Waals surface area contributed by atoms with Crippen LogP contribution in [0.3, 0.4) is 0 Å². The summed E-state index contributed by atoms with van der Waals surface area (Å²) in [7, 11) is 0. The van der Waals surface area contributed by atoms with Crippen molar-refractivity contribution in [3.8, 4) is 0 Å². The van der Waals surface area contributed by atoms with E-state index in [0.29, 0.717) is 31.7 Å². The minimum absolute atomic E-state index is 0.153. The van der Waals surface area contributed by atoms with Crippen LogP contribution in [-0.2, 0) is 4.79 Å². The van der Waals surface area contributed by atoms with E-state index in [4.69, 9.17) is 5.11 Å². The number of piperidine rings is 1. The molecule has 4 nitrogen and oxygen atoms in total. The van der Waals surface area contributed by atoms with Crippen molar-refractivity contribution in [2.45, 2.75) is 32.1 Å². The van der Waals surface area contributed by atoms with E-state index >= 15 is 0 Å². The molecule has 2 fully saturated rings. The maximum Gasteiger partial charge on any atom is 0.407 e. The Bertz CT molecular complexity index is 268. The van der Waals surface area contributed by atoms with E-state index in [-0.39, 0.29) is 5.41 Å². The van der Waals surface area contributed by atoms with Gasteiger partial charge in [0.25, 0.3) is 0 Å². The first-order chi connectivity index (χ1) is 7.11. The van der Waals surface area contributed by atoms with Gasteiger partial charge in [-0.3, -0.25) is 4.79 Å². The molecule has 15 heavy (non-hydrogen) atoms. The summed E-state index contributed by atoms with van der Waals surface area (Å²) in [5, 5.41) is 8.82. The van der Waals surface area contributed by atoms with E-state index in [1.54, 1.807) is 0 Å². The van der Waals surface area contributed by atoms with E-state index in [2.05, 4.69) is 6.42 Å². The fourth-order valence-electron chi connectivity index (χ4n) is 2.51. The lowest BCUT2D eigenvalue weighted by molar-refractivity contribution is -0.122. The van der Waals surface area contributed by atoms with Crippen LogP contribution in [0, 0.1) is 11.8 Å². The van der Waals surface area contributed by atoms with Gasteiger partial charge in [-0.25, -0.2) is 4.79 Å². The molecule has 2 aliphatic rings. The second-order valence-electron chi connectivity index (χ2n) is 4.58. The van der Waals surface area contributed by atoms with Crippen molar-refractivity contribution < 1.29 is 14.7 Å². The molecule has 0 unspecified atom stereocenters. The fraction of sp³-hybridized carbons (Fsp3) is 0.727. The van der Waals surface area contributed by atoms with Gasteiger partial charge in [-0.15, -0.1) is 0 Å². The third-order valence-corrected chi connectivity index (χ3v) is 3.70. The summed E-state index contributed by atoms with van der Waals surface area (Å²) in [6, 6.07) is 0. The van der Waals surface area contributed by atoms with Gasteiger partial charge in [-0.2, -0.15) is 0 Å². The predicted octanol–water partition coefficient (Wildman–Crippen LogP) is 1.70. The molecule has 0 atom stereocenters. The van der Waals surface area contributed by atoms with Crippen molar-refractivity contribution in [3.05, 3.63) is 6.42 Å². The molecular weight excluding hydrogens is 194 g/mol. The molecule has 1 heterocycles. The molecule has 1 saturated carbocycles. The van der Waals surface area contributed by atoms with Crippen LogP contribution >= 0.6 is 0 Å². The molecule has 1 aliphatic carbocycles. The first-order valence-electron chi connectivity index (χ1n) is 5.45. The SMILES string of the molecule is O=C1CCC2([CH]CN(C(=O)O)CC2)CC1. The zero-order chi connectivity index (χ0) is 10.9. The van der Waals surface area contributed by atoms with Crippen LogP contribution in [0.2, 0.25) is 0 Å². The predicted molar refractivity (Wildman–Crippen MR) is 54.4 cm³/mol. The van der Waals surface area contributed by atoms with E-state index in [1.807, 2.05) is 0 Å². The second-order valence-corrected chi connectivity index (χ2v) is 4.58. The standard InChI is InChI=1S/C11H16NO3/c13-9-1-3-11(4-2-9)5-7-12(8-6-11)10(14)15/h5H,1-4,6-8H2,(H,14,15). The van der Waals surface area contributed by atoms with Gasteiger partial charge in [-0.1, -0.05) is 0 Å². The Labute approximate surface area is 89.3 Å². The van der Waals surface area contributed by atoms with Gasteiger partial charge >= 0.3 is 6.09 Å². The molecule has 83 valence electrons. The Morgan fingerprint density at radius 3 is 2.47 bits per heavy atom. The number of carboxylic acid groups (broad SMARTS) is 1. The van der Waals surface area contributed by atoms with Gasteiger partial charge < -0.3 is 10.0 Å². The highest BCUT2D eigenvalue weighted by molar-refractivity contribution is 5.79. The zero-order valence-corrected chi connectivity index (χ0v) is 8.74. The normalized spacial score (nSPS) is 25.6. The van der Waals surface area contributed by atoms with E-state index in [1.165, 1.54) is 4.90 Å². The number of likely N-dealkylation sites (tertiary alicyclic amines) is 1. The molecule has 1 N–H and O–H groups in total. The quantitative estimate of drug-likeness (QED) is 0.662. The molecule has 1 saturated heterocycles. The summed E-state index contributed by atoms with van der Waals surface area (Å²) >= 11 is 0. The largest absolute Gasteiger partial charge is 0.465 e. The van der Waals surface area contributed by atoms with Gasteiger partial charge in [0.2, 0.25) is 0 Å². The molecule has 0 aromatic carbocycles. The van der Waals surface area contributed by atoms with Crippen molar-refractivity contribution >= 4 is 11.9 Å². The summed E-state index contributed by atoms with van der Waals surface area (Å²) in [6.07, 6.45) is 5.32. The Morgan fingerprint density at radius 2 is 2.00 bits per heavy atom. The van der Waals surface area contributed by atoms with Crippen LogP contribution in [0.5, 0.6) is 0 Å². The van der Waals surface area contributed by atoms with Crippen LogP contribution < -0.4 is 0 Å². The molecule has 0 bridgehead atoms. The molecule has 2 rings (SSSR count). The number of carbonyl (C=O) groups is 2. The number of carbonyl (C=O) groups excluding carboxylic acids is 1. The summed E-state index contributed by atoms with van der Waals surface area (Å²) in [4.78, 5) is 23.3. The molecule has 1 aliphatic heterocycles. The zero-order valence-electron chi connectivity index (χ0n) is 8.74. The summed E-state index contributed by atoms with van der Waals surface area (Å²) in [5.74, 6) is 0.356. The molecular formula is C11H16NO3. The lowest BCUT2D eigenvalue weighted by Crippen LogP contribution is -2.44. The van der Waals surface area contributed by atoms with Crippen molar-refractivity contribution in [3.63, 3.8) is 0 Å². The molecule has 0 aromatic rings. The second kappa shape index (κ2) is 3.83. The van der Waals surface area contributed by atoms with Gasteiger partial charge in [-0.05, 0) is 31.1 Å². The topological polar surface area (TPSA) is 57.6 Å². The van der Waals surface area contributed by atoms with Crippen LogP contribution in [0.15, 0.2) is 0 Å². The number of amides is 1. The molecule has 1 radical (unpaired) electrons. The number of Topliss-reactive ketones (excluding diaryl/α,β-unsaturated/α-hetero) is 1. The van der Waals surface area contributed by atoms with Crippen LogP contribution in [0.4, 0.5) is 4.79 Å². The third kappa shape index (κ3) is 2.13. The Morgan fingerprint density at radius 1 is 1.33 bits per heavy atom. The smallest absolute Gasteiger partial charge is 0.407 e. The van der Waals surface area contributed by atoms with E-state index in [0.717, 1.165) is 19.3 Å². The third-order valence-electron chi connectivity index (χ3n) is 3.70. The van der Waals surface area contributed by atoms with Crippen molar-refractivity contribution in [2.75, 3.05) is 13.1 Å². The first kappa shape index (κ1) is 10.5. The van der Waals surface area contributed by atoms with Crippen molar-refractivity contribution in [1.82, 2.24) is 4.90 Å². The van der Waals surface area contributed by atoms with Crippen LogP contribution in [-0.4, -0.2) is 35.0 Å². The molecule has 1 spiro atoms. The van der Waals surface area contributed by atoms with Crippen molar-refractivity contribution in [1.29, 1.82) is 0 Å². The Hall–Kier alpha value is -1.06. The van der Waals surface area contributed by atoms with Gasteiger partial charge in [0.1, 0.15) is 5.78 Å². The number of hydrogen-bond donors (Lipinski definition) is 1. The summed E-state index contributed by atoms with van der Waals surface area (Å²) < 4.78 is 0. The lowest BCUT2D eigenvalue weighted by Gasteiger charge is -2.42. The summed E-state index contributed by atoms with van der Waals surface area (Å²) in [6.45, 7) is 1.13. The Kier molecular flexibility index (Phi) is 2.67. The average Bonchev–Trinajstić information content (AvgIpc) is 2.24. The maximum absolute atomic E-state index is 11.1. The highest BCUT2D eigenvalue weighted by Crippen LogP contribution is 2.42. The minimum Gasteiger partial charge on any atom is -0.465 e. The highest BCUT2D eigenvalue weighted by atomic mass is 16.4. The lowest BCUT2D eigenvalue weighted by atomic mass is 9.68. The van der Waals surface area contributed by atoms with Crippen molar-refractivity contribution in [2.24, 2.45) is 5.41 Å². The minimum atomic E-state index is -0.840. The number of nitrogens with zero attached hydrogens (tertiary/aromatic N) is 1. The Balaban J connectivity index is 1.92. The van der Waals surface area contributed by atoms with Gasteiger partial charge in [0.05, 0.1) is 0 Å². The fourth-order valence-corrected chi connectivity index (χ4v) is 2.51. The number of ketones is 1. The summed E-state index contributed by atoms with van der Waals surface area (Å²) in [5.41, 5.74) is 0.153. The van der Waals surface area contributed by atoms with Gasteiger partial charge in [0.15, 0.2) is 0 Å². The highest BCUT2D eigenvalue weighted by Gasteiger charge is 2.38. The molecule has 4 heteroatoms. The molecule has 0 aromatic heterocycles. The van der Waals surface area contributed by atoms with E-state index < -0.39 is 6.09 Å². The van der Waals surface area contributed by atoms with E-state index in [9.17, 15) is 9.59 Å². The molecule has 1 amide bonds.